The summed E-state index contributed by atoms with van der Waals surface area (Å²) in [7, 11) is 0. The molecule has 0 spiro atoms. The highest BCUT2D eigenvalue weighted by atomic mass is 32.2. The lowest BCUT2D eigenvalue weighted by molar-refractivity contribution is -0.113. The molecule has 3 heterocycles. The molecule has 1 unspecified atom stereocenters. The smallest absolute Gasteiger partial charge is 0.234 e. The van der Waals surface area contributed by atoms with Gasteiger partial charge in [-0.2, -0.15) is 0 Å². The number of nitrogens with zero attached hydrogens (tertiary/aromatic N) is 3. The Balaban J connectivity index is 1.45. The number of anilines is 1. The molecule has 152 valence electrons. The SMILES string of the molecule is CSc1cccc(NC(=O)CSc2nnc(-c3cccs3)n2CC2CCCO2)c1. The molecule has 0 bridgehead atoms. The van der Waals surface area contributed by atoms with Crippen molar-refractivity contribution in [3.05, 3.63) is 41.8 Å². The fourth-order valence-electron chi connectivity index (χ4n) is 3.17. The number of amides is 1. The van der Waals surface area contributed by atoms with E-state index in [1.54, 1.807) is 23.1 Å². The monoisotopic (exact) mass is 446 g/mol. The first-order valence-electron chi connectivity index (χ1n) is 9.38. The van der Waals surface area contributed by atoms with Crippen LogP contribution < -0.4 is 5.32 Å². The van der Waals surface area contributed by atoms with Gasteiger partial charge in [0, 0.05) is 17.2 Å². The molecule has 1 N–H and O–H groups in total. The maximum absolute atomic E-state index is 12.5. The van der Waals surface area contributed by atoms with E-state index in [1.807, 2.05) is 48.0 Å². The van der Waals surface area contributed by atoms with Crippen molar-refractivity contribution in [3.8, 4) is 10.7 Å². The first-order chi connectivity index (χ1) is 14.2. The van der Waals surface area contributed by atoms with Gasteiger partial charge in [-0.1, -0.05) is 23.9 Å². The van der Waals surface area contributed by atoms with E-state index >= 15 is 0 Å². The molecule has 0 radical (unpaired) electrons. The van der Waals surface area contributed by atoms with Crippen LogP contribution in [-0.4, -0.2) is 45.4 Å². The predicted molar refractivity (Wildman–Crippen MR) is 120 cm³/mol. The Morgan fingerprint density at radius 1 is 1.34 bits per heavy atom. The van der Waals surface area contributed by atoms with E-state index in [-0.39, 0.29) is 17.8 Å². The molecule has 4 rings (SSSR count). The lowest BCUT2D eigenvalue weighted by Crippen LogP contribution is -2.18. The number of aromatic nitrogens is 3. The lowest BCUT2D eigenvalue weighted by atomic mass is 10.2. The number of thiophene rings is 1. The largest absolute Gasteiger partial charge is 0.376 e. The van der Waals surface area contributed by atoms with Crippen LogP contribution in [0.2, 0.25) is 0 Å². The number of benzene rings is 1. The topological polar surface area (TPSA) is 69.0 Å². The number of carbonyl (C=O) groups is 1. The normalized spacial score (nSPS) is 16.2. The fourth-order valence-corrected chi connectivity index (χ4v) is 5.09. The number of rotatable bonds is 8. The van der Waals surface area contributed by atoms with E-state index in [4.69, 9.17) is 4.74 Å². The molecular weight excluding hydrogens is 424 g/mol. The van der Waals surface area contributed by atoms with Crippen LogP contribution in [0.5, 0.6) is 0 Å². The van der Waals surface area contributed by atoms with Crippen molar-refractivity contribution >= 4 is 46.5 Å². The van der Waals surface area contributed by atoms with Crippen LogP contribution in [0.25, 0.3) is 10.7 Å². The molecule has 1 aromatic carbocycles. The van der Waals surface area contributed by atoms with Gasteiger partial charge in [-0.15, -0.1) is 33.3 Å². The maximum atomic E-state index is 12.5. The maximum Gasteiger partial charge on any atom is 0.234 e. The Hall–Kier alpha value is -1.81. The molecule has 6 nitrogen and oxygen atoms in total. The first kappa shape index (κ1) is 20.5. The molecule has 1 saturated heterocycles. The van der Waals surface area contributed by atoms with E-state index in [0.29, 0.717) is 6.54 Å². The third kappa shape index (κ3) is 5.22. The lowest BCUT2D eigenvalue weighted by Gasteiger charge is -2.14. The summed E-state index contributed by atoms with van der Waals surface area (Å²) in [6.07, 6.45) is 4.31. The Kier molecular flexibility index (Phi) is 6.91. The summed E-state index contributed by atoms with van der Waals surface area (Å²) < 4.78 is 7.91. The van der Waals surface area contributed by atoms with Crippen molar-refractivity contribution in [2.45, 2.75) is 35.5 Å². The minimum Gasteiger partial charge on any atom is -0.376 e. The Labute approximate surface area is 182 Å². The highest BCUT2D eigenvalue weighted by molar-refractivity contribution is 7.99. The van der Waals surface area contributed by atoms with Gasteiger partial charge >= 0.3 is 0 Å². The summed E-state index contributed by atoms with van der Waals surface area (Å²) in [5.74, 6) is 1.06. The number of ether oxygens (including phenoxy) is 1. The third-order valence-corrected chi connectivity index (χ3v) is 7.11. The molecule has 3 aromatic rings. The van der Waals surface area contributed by atoms with Crippen molar-refractivity contribution in [1.82, 2.24) is 14.8 Å². The number of carbonyl (C=O) groups excluding carboxylic acids is 1. The second-order valence-electron chi connectivity index (χ2n) is 6.60. The van der Waals surface area contributed by atoms with E-state index in [9.17, 15) is 4.79 Å². The van der Waals surface area contributed by atoms with Crippen LogP contribution in [0.1, 0.15) is 12.8 Å². The van der Waals surface area contributed by atoms with Crippen molar-refractivity contribution in [2.75, 3.05) is 23.9 Å². The van der Waals surface area contributed by atoms with Crippen molar-refractivity contribution < 1.29 is 9.53 Å². The number of hydrogen-bond acceptors (Lipinski definition) is 7. The standard InChI is InChI=1S/C20H22N4O2S3/c1-27-16-7-2-5-14(11-16)21-18(25)13-29-20-23-22-19(17-8-4-10-28-17)24(20)12-15-6-3-9-26-15/h2,4-5,7-8,10-11,15H,3,6,9,12-13H2,1H3,(H,21,25). The second-order valence-corrected chi connectivity index (χ2v) is 9.37. The fraction of sp³-hybridized carbons (Fsp3) is 0.350. The zero-order valence-electron chi connectivity index (χ0n) is 16.0. The van der Waals surface area contributed by atoms with Gasteiger partial charge in [0.2, 0.25) is 5.91 Å². The summed E-state index contributed by atoms with van der Waals surface area (Å²) in [4.78, 5) is 14.6. The molecular formula is C20H22N4O2S3. The molecule has 9 heteroatoms. The van der Waals surface area contributed by atoms with E-state index in [0.717, 1.165) is 45.9 Å². The van der Waals surface area contributed by atoms with Gasteiger partial charge in [-0.3, -0.25) is 9.36 Å². The molecule has 1 atom stereocenters. The zero-order valence-corrected chi connectivity index (χ0v) is 18.5. The van der Waals surface area contributed by atoms with E-state index in [2.05, 4.69) is 20.1 Å². The second kappa shape index (κ2) is 9.80. The average molecular weight is 447 g/mol. The number of hydrogen-bond donors (Lipinski definition) is 1. The van der Waals surface area contributed by atoms with Crippen LogP contribution in [0.15, 0.2) is 51.8 Å². The van der Waals surface area contributed by atoms with Crippen molar-refractivity contribution in [1.29, 1.82) is 0 Å². The van der Waals surface area contributed by atoms with E-state index in [1.165, 1.54) is 11.8 Å². The summed E-state index contributed by atoms with van der Waals surface area (Å²) in [5, 5.41) is 14.5. The van der Waals surface area contributed by atoms with Crippen molar-refractivity contribution in [3.63, 3.8) is 0 Å². The van der Waals surface area contributed by atoms with Gasteiger partial charge < -0.3 is 10.1 Å². The van der Waals surface area contributed by atoms with Crippen LogP contribution in [0.3, 0.4) is 0 Å². The third-order valence-electron chi connectivity index (χ3n) is 4.55. The zero-order chi connectivity index (χ0) is 20.1. The van der Waals surface area contributed by atoms with E-state index < -0.39 is 0 Å². The number of thioether (sulfide) groups is 2. The molecule has 2 aromatic heterocycles. The average Bonchev–Trinajstić information content (AvgIpc) is 3.49. The summed E-state index contributed by atoms with van der Waals surface area (Å²) in [6.45, 7) is 1.51. The first-order valence-corrected chi connectivity index (χ1v) is 12.5. The predicted octanol–water partition coefficient (Wildman–Crippen LogP) is 4.64. The summed E-state index contributed by atoms with van der Waals surface area (Å²) >= 11 is 4.69. The van der Waals surface area contributed by atoms with Gasteiger partial charge in [0.1, 0.15) is 0 Å². The Morgan fingerprint density at radius 3 is 3.03 bits per heavy atom. The Bertz CT molecular complexity index is 953. The highest BCUT2D eigenvalue weighted by Gasteiger charge is 2.22. The van der Waals surface area contributed by atoms with Crippen molar-refractivity contribution in [2.24, 2.45) is 0 Å². The van der Waals surface area contributed by atoms with Gasteiger partial charge in [-0.25, -0.2) is 0 Å². The quantitative estimate of drug-likeness (QED) is 0.509. The minimum absolute atomic E-state index is 0.0578. The summed E-state index contributed by atoms with van der Waals surface area (Å²) in [6, 6.07) is 11.9. The minimum atomic E-state index is -0.0578. The van der Waals surface area contributed by atoms with Gasteiger partial charge in [0.25, 0.3) is 0 Å². The Morgan fingerprint density at radius 2 is 2.28 bits per heavy atom. The molecule has 1 fully saturated rings. The van der Waals surface area contributed by atoms with Crippen LogP contribution >= 0.6 is 34.9 Å². The molecule has 1 aliphatic heterocycles. The molecule has 1 amide bonds. The van der Waals surface area contributed by atoms with Gasteiger partial charge in [0.05, 0.1) is 23.3 Å². The highest BCUT2D eigenvalue weighted by Crippen LogP contribution is 2.29. The molecule has 1 aliphatic rings. The van der Waals surface area contributed by atoms with Crippen LogP contribution in [0, 0.1) is 0 Å². The van der Waals surface area contributed by atoms with Crippen LogP contribution in [-0.2, 0) is 16.1 Å². The van der Waals surface area contributed by atoms with Gasteiger partial charge in [-0.05, 0) is 48.7 Å². The van der Waals surface area contributed by atoms with Gasteiger partial charge in [0.15, 0.2) is 11.0 Å². The molecule has 29 heavy (non-hydrogen) atoms. The molecule has 0 aliphatic carbocycles. The summed E-state index contributed by atoms with van der Waals surface area (Å²) in [5.41, 5.74) is 0.808. The number of nitrogens with one attached hydrogen (secondary N) is 1. The van der Waals surface area contributed by atoms with Crippen LogP contribution in [0.4, 0.5) is 5.69 Å². The molecule has 0 saturated carbocycles.